The van der Waals surface area contributed by atoms with Crippen LogP contribution in [0.5, 0.6) is 0 Å². The summed E-state index contributed by atoms with van der Waals surface area (Å²) in [4.78, 5) is 20.4. The monoisotopic (exact) mass is 312 g/mol. The normalized spacial score (nSPS) is 14.7. The molecule has 1 fully saturated rings. The van der Waals surface area contributed by atoms with Gasteiger partial charge in [0.05, 0.1) is 0 Å². The molecule has 0 bridgehead atoms. The number of carbonyl (C=O) groups is 1. The first-order valence-corrected chi connectivity index (χ1v) is 7.80. The topological polar surface area (TPSA) is 74.2 Å². The van der Waals surface area contributed by atoms with Crippen molar-refractivity contribution in [2.24, 2.45) is 0 Å². The van der Waals surface area contributed by atoms with Gasteiger partial charge in [-0.2, -0.15) is 0 Å². The van der Waals surface area contributed by atoms with E-state index in [0.717, 1.165) is 31.3 Å². The van der Waals surface area contributed by atoms with E-state index >= 15 is 0 Å². The maximum Gasteiger partial charge on any atom is 0.254 e. The molecule has 120 valence electrons. The highest BCUT2D eigenvalue weighted by molar-refractivity contribution is 5.94. The second kappa shape index (κ2) is 7.04. The van der Waals surface area contributed by atoms with Crippen LogP contribution < -0.4 is 10.2 Å². The summed E-state index contributed by atoms with van der Waals surface area (Å²) in [6, 6.07) is 7.39. The molecule has 1 saturated heterocycles. The summed E-state index contributed by atoms with van der Waals surface area (Å²) in [6.45, 7) is 5.71. The molecule has 0 unspecified atom stereocenters. The fourth-order valence-corrected chi connectivity index (χ4v) is 2.58. The van der Waals surface area contributed by atoms with Gasteiger partial charge >= 0.3 is 0 Å². The van der Waals surface area contributed by atoms with Crippen LogP contribution in [0.25, 0.3) is 0 Å². The van der Waals surface area contributed by atoms with Crippen molar-refractivity contribution >= 4 is 17.5 Å². The predicted molar refractivity (Wildman–Crippen MR) is 88.5 cm³/mol. The number of hydrogen-bond acceptors (Lipinski definition) is 6. The van der Waals surface area contributed by atoms with Crippen molar-refractivity contribution in [3.8, 4) is 0 Å². The van der Waals surface area contributed by atoms with Crippen LogP contribution in [-0.4, -0.2) is 58.7 Å². The molecule has 23 heavy (non-hydrogen) atoms. The van der Waals surface area contributed by atoms with Crippen LogP contribution in [0.2, 0.25) is 0 Å². The van der Waals surface area contributed by atoms with Crippen LogP contribution in [0.1, 0.15) is 17.3 Å². The van der Waals surface area contributed by atoms with Crippen molar-refractivity contribution in [1.82, 2.24) is 20.1 Å². The van der Waals surface area contributed by atoms with Crippen molar-refractivity contribution in [3.63, 3.8) is 0 Å². The average Bonchev–Trinajstić information content (AvgIpc) is 2.63. The van der Waals surface area contributed by atoms with Gasteiger partial charge in [-0.3, -0.25) is 9.78 Å². The number of anilines is 2. The summed E-state index contributed by atoms with van der Waals surface area (Å²) in [5.41, 5.74) is 0.684. The number of rotatable bonds is 4. The van der Waals surface area contributed by atoms with Crippen LogP contribution >= 0.6 is 0 Å². The first-order valence-electron chi connectivity index (χ1n) is 7.80. The molecule has 2 aromatic rings. The van der Waals surface area contributed by atoms with Crippen LogP contribution in [0.3, 0.4) is 0 Å². The van der Waals surface area contributed by atoms with Gasteiger partial charge in [-0.25, -0.2) is 0 Å². The molecule has 1 amide bonds. The Balaban J connectivity index is 1.59. The van der Waals surface area contributed by atoms with Crippen molar-refractivity contribution in [1.29, 1.82) is 0 Å². The fourth-order valence-electron chi connectivity index (χ4n) is 2.58. The van der Waals surface area contributed by atoms with E-state index in [-0.39, 0.29) is 5.91 Å². The third kappa shape index (κ3) is 3.56. The molecule has 0 aromatic carbocycles. The van der Waals surface area contributed by atoms with Crippen LogP contribution in [0.4, 0.5) is 11.6 Å². The summed E-state index contributed by atoms with van der Waals surface area (Å²) in [5.74, 6) is 1.69. The van der Waals surface area contributed by atoms with E-state index in [2.05, 4.69) is 25.4 Å². The second-order valence-corrected chi connectivity index (χ2v) is 5.32. The molecule has 2 aromatic heterocycles. The molecule has 3 heterocycles. The molecule has 0 saturated carbocycles. The number of nitrogens with one attached hydrogen (secondary N) is 1. The summed E-state index contributed by atoms with van der Waals surface area (Å²) in [7, 11) is 0. The van der Waals surface area contributed by atoms with Gasteiger partial charge in [-0.05, 0) is 31.2 Å². The van der Waals surface area contributed by atoms with Crippen LogP contribution in [0, 0.1) is 0 Å². The predicted octanol–water partition coefficient (Wildman–Crippen LogP) is 1.27. The Morgan fingerprint density at radius 1 is 1.09 bits per heavy atom. The summed E-state index contributed by atoms with van der Waals surface area (Å²) in [5, 5.41) is 11.5. The molecular formula is C16H20N6O. The molecule has 0 aliphatic carbocycles. The van der Waals surface area contributed by atoms with Gasteiger partial charge in [0.2, 0.25) is 0 Å². The van der Waals surface area contributed by atoms with Gasteiger partial charge in [-0.15, -0.1) is 10.2 Å². The van der Waals surface area contributed by atoms with E-state index in [4.69, 9.17) is 0 Å². The second-order valence-electron chi connectivity index (χ2n) is 5.32. The summed E-state index contributed by atoms with van der Waals surface area (Å²) >= 11 is 0. The Morgan fingerprint density at radius 2 is 1.83 bits per heavy atom. The molecule has 7 nitrogen and oxygen atoms in total. The van der Waals surface area contributed by atoms with Crippen LogP contribution in [0.15, 0.2) is 36.7 Å². The minimum absolute atomic E-state index is 0.0561. The van der Waals surface area contributed by atoms with Gasteiger partial charge in [0, 0.05) is 50.7 Å². The zero-order valence-corrected chi connectivity index (χ0v) is 13.1. The van der Waals surface area contributed by atoms with E-state index in [1.54, 1.807) is 24.5 Å². The SMILES string of the molecule is CCNc1ccc(N2CCN(C(=O)c3ccncc3)CC2)nn1. The smallest absolute Gasteiger partial charge is 0.254 e. The van der Waals surface area contributed by atoms with Gasteiger partial charge in [0.1, 0.15) is 5.82 Å². The van der Waals surface area contributed by atoms with Gasteiger partial charge in [0.25, 0.3) is 5.91 Å². The molecule has 1 N–H and O–H groups in total. The zero-order chi connectivity index (χ0) is 16.1. The standard InChI is InChI=1S/C16H20N6O/c1-2-18-14-3-4-15(20-19-14)21-9-11-22(12-10-21)16(23)13-5-7-17-8-6-13/h3-8H,2,9-12H2,1H3,(H,18,19). The summed E-state index contributed by atoms with van der Waals surface area (Å²) in [6.07, 6.45) is 3.29. The van der Waals surface area contributed by atoms with Crippen molar-refractivity contribution < 1.29 is 4.79 Å². The highest BCUT2D eigenvalue weighted by atomic mass is 16.2. The fraction of sp³-hybridized carbons (Fsp3) is 0.375. The number of carbonyl (C=O) groups excluding carboxylic acids is 1. The number of aromatic nitrogens is 3. The Morgan fingerprint density at radius 3 is 2.43 bits per heavy atom. The molecule has 0 radical (unpaired) electrons. The van der Waals surface area contributed by atoms with Crippen molar-refractivity contribution in [3.05, 3.63) is 42.2 Å². The molecule has 3 rings (SSSR count). The molecular weight excluding hydrogens is 292 g/mol. The molecule has 1 aliphatic rings. The molecule has 0 atom stereocenters. The van der Waals surface area contributed by atoms with Crippen molar-refractivity contribution in [2.75, 3.05) is 42.9 Å². The van der Waals surface area contributed by atoms with E-state index < -0.39 is 0 Å². The Labute approximate surface area is 135 Å². The van der Waals surface area contributed by atoms with Gasteiger partial charge in [0.15, 0.2) is 5.82 Å². The Bertz CT molecular complexity index is 637. The molecule has 1 aliphatic heterocycles. The quantitative estimate of drug-likeness (QED) is 0.916. The molecule has 0 spiro atoms. The lowest BCUT2D eigenvalue weighted by molar-refractivity contribution is 0.0746. The first-order chi connectivity index (χ1) is 11.3. The highest BCUT2D eigenvalue weighted by Crippen LogP contribution is 2.15. The zero-order valence-electron chi connectivity index (χ0n) is 13.1. The number of piperazine rings is 1. The first kappa shape index (κ1) is 15.2. The largest absolute Gasteiger partial charge is 0.369 e. The number of pyridine rings is 1. The highest BCUT2D eigenvalue weighted by Gasteiger charge is 2.22. The minimum Gasteiger partial charge on any atom is -0.369 e. The molecule has 7 heteroatoms. The number of nitrogens with zero attached hydrogens (tertiary/aromatic N) is 5. The lowest BCUT2D eigenvalue weighted by Crippen LogP contribution is -2.49. The lowest BCUT2D eigenvalue weighted by Gasteiger charge is -2.35. The van der Waals surface area contributed by atoms with E-state index in [9.17, 15) is 4.79 Å². The number of amides is 1. The Kier molecular flexibility index (Phi) is 4.65. The van der Waals surface area contributed by atoms with Crippen molar-refractivity contribution in [2.45, 2.75) is 6.92 Å². The van der Waals surface area contributed by atoms with Gasteiger partial charge < -0.3 is 15.1 Å². The van der Waals surface area contributed by atoms with E-state index in [0.29, 0.717) is 18.7 Å². The van der Waals surface area contributed by atoms with E-state index in [1.165, 1.54) is 0 Å². The third-order valence-electron chi connectivity index (χ3n) is 3.83. The third-order valence-corrected chi connectivity index (χ3v) is 3.83. The number of hydrogen-bond donors (Lipinski definition) is 1. The van der Waals surface area contributed by atoms with E-state index in [1.807, 2.05) is 24.0 Å². The summed E-state index contributed by atoms with van der Waals surface area (Å²) < 4.78 is 0. The maximum absolute atomic E-state index is 12.4. The van der Waals surface area contributed by atoms with Crippen LogP contribution in [-0.2, 0) is 0 Å². The minimum atomic E-state index is 0.0561. The maximum atomic E-state index is 12.4. The Hall–Kier alpha value is -2.70. The average molecular weight is 312 g/mol. The lowest BCUT2D eigenvalue weighted by atomic mass is 10.2. The van der Waals surface area contributed by atoms with Gasteiger partial charge in [-0.1, -0.05) is 0 Å².